The second-order valence-electron chi connectivity index (χ2n) is 8.43. The molecule has 1 aromatic heterocycles. The van der Waals surface area contributed by atoms with Gasteiger partial charge in [0.25, 0.3) is 0 Å². The molecule has 1 heterocycles. The van der Waals surface area contributed by atoms with Gasteiger partial charge in [-0.05, 0) is 79.8 Å². The molecule has 1 atom stereocenters. The predicted octanol–water partition coefficient (Wildman–Crippen LogP) is 8.15. The molecule has 0 aliphatic heterocycles. The fraction of sp³-hybridized carbons (Fsp3) is 0.250. The summed E-state index contributed by atoms with van der Waals surface area (Å²) in [7, 11) is 0. The van der Waals surface area contributed by atoms with E-state index in [1.54, 1.807) is 11.7 Å². The van der Waals surface area contributed by atoms with Crippen molar-refractivity contribution >= 4 is 46.4 Å². The SMILES string of the molecule is C=C(CC)Cc1ccn(OC(C)c2c(Cl)ccc(F)c2Cl)c1C=C(C)c1cccc(NC(C)=O)c1. The Balaban J connectivity index is 2.01. The molecule has 0 radical (unpaired) electrons. The highest BCUT2D eigenvalue weighted by Gasteiger charge is 2.20. The molecule has 35 heavy (non-hydrogen) atoms. The maximum Gasteiger partial charge on any atom is 0.221 e. The van der Waals surface area contributed by atoms with E-state index < -0.39 is 11.9 Å². The van der Waals surface area contributed by atoms with E-state index in [2.05, 4.69) is 18.8 Å². The molecule has 0 fully saturated rings. The minimum atomic E-state index is -0.615. The molecule has 7 heteroatoms. The van der Waals surface area contributed by atoms with Gasteiger partial charge in [-0.25, -0.2) is 4.39 Å². The summed E-state index contributed by atoms with van der Waals surface area (Å²) in [5, 5.41) is 3.09. The third-order valence-corrected chi connectivity index (χ3v) is 6.38. The lowest BCUT2D eigenvalue weighted by Gasteiger charge is -2.20. The number of nitrogens with zero attached hydrogens (tertiary/aromatic N) is 1. The van der Waals surface area contributed by atoms with Crippen LogP contribution in [-0.2, 0) is 11.2 Å². The molecule has 0 aliphatic carbocycles. The number of carbonyl (C=O) groups is 1. The lowest BCUT2D eigenvalue weighted by molar-refractivity contribution is -0.114. The molecule has 0 saturated heterocycles. The molecule has 1 amide bonds. The van der Waals surface area contributed by atoms with Crippen LogP contribution in [0, 0.1) is 5.82 Å². The highest BCUT2D eigenvalue weighted by atomic mass is 35.5. The van der Waals surface area contributed by atoms with E-state index in [1.165, 1.54) is 19.1 Å². The zero-order valence-corrected chi connectivity index (χ0v) is 21.8. The van der Waals surface area contributed by atoms with E-state index in [1.807, 2.05) is 49.5 Å². The quantitative estimate of drug-likeness (QED) is 0.231. The first kappa shape index (κ1) is 26.6. The van der Waals surface area contributed by atoms with Crippen molar-refractivity contribution in [3.05, 3.63) is 99.1 Å². The number of amides is 1. The molecule has 0 saturated carbocycles. The van der Waals surface area contributed by atoms with Gasteiger partial charge < -0.3 is 10.2 Å². The highest BCUT2D eigenvalue weighted by molar-refractivity contribution is 6.36. The highest BCUT2D eigenvalue weighted by Crippen LogP contribution is 2.34. The molecule has 0 spiro atoms. The lowest BCUT2D eigenvalue weighted by Crippen LogP contribution is -2.17. The van der Waals surface area contributed by atoms with Crippen molar-refractivity contribution in [2.24, 2.45) is 0 Å². The minimum absolute atomic E-state index is 0.0557. The van der Waals surface area contributed by atoms with E-state index in [9.17, 15) is 9.18 Å². The van der Waals surface area contributed by atoms with Crippen LogP contribution in [0.25, 0.3) is 11.6 Å². The van der Waals surface area contributed by atoms with Crippen molar-refractivity contribution in [1.82, 2.24) is 4.73 Å². The molecule has 3 rings (SSSR count). The van der Waals surface area contributed by atoms with Crippen LogP contribution in [0.2, 0.25) is 10.0 Å². The normalized spacial score (nSPS) is 12.4. The second-order valence-corrected chi connectivity index (χ2v) is 9.21. The third-order valence-electron chi connectivity index (χ3n) is 5.67. The lowest BCUT2D eigenvalue weighted by atomic mass is 10.0. The smallest absolute Gasteiger partial charge is 0.221 e. The van der Waals surface area contributed by atoms with Crippen LogP contribution in [0.3, 0.4) is 0 Å². The van der Waals surface area contributed by atoms with E-state index in [0.29, 0.717) is 17.0 Å². The number of halogens is 3. The number of rotatable bonds is 9. The van der Waals surface area contributed by atoms with Crippen LogP contribution < -0.4 is 10.2 Å². The van der Waals surface area contributed by atoms with Gasteiger partial charge in [0.05, 0.1) is 10.7 Å². The molecule has 4 nitrogen and oxygen atoms in total. The Labute approximate surface area is 216 Å². The number of anilines is 1. The summed E-state index contributed by atoms with van der Waals surface area (Å²) in [4.78, 5) is 17.7. The van der Waals surface area contributed by atoms with Crippen LogP contribution in [-0.4, -0.2) is 10.6 Å². The van der Waals surface area contributed by atoms with Gasteiger partial charge in [-0.15, -0.1) is 0 Å². The average Bonchev–Trinajstić information content (AvgIpc) is 3.16. The van der Waals surface area contributed by atoms with Gasteiger partial charge >= 0.3 is 0 Å². The summed E-state index contributed by atoms with van der Waals surface area (Å²) in [5.74, 6) is -0.681. The average molecular weight is 515 g/mol. The summed E-state index contributed by atoms with van der Waals surface area (Å²) in [5.41, 5.74) is 5.99. The van der Waals surface area contributed by atoms with Gasteiger partial charge in [0.15, 0.2) is 6.10 Å². The minimum Gasteiger partial charge on any atom is -0.406 e. The zero-order valence-electron chi connectivity index (χ0n) is 20.3. The number of allylic oxidation sites excluding steroid dienone is 2. The molecule has 0 aliphatic rings. The predicted molar refractivity (Wildman–Crippen MR) is 143 cm³/mol. The van der Waals surface area contributed by atoms with Crippen molar-refractivity contribution in [3.8, 4) is 0 Å². The van der Waals surface area contributed by atoms with Gasteiger partial charge in [-0.3, -0.25) is 4.79 Å². The maximum absolute atomic E-state index is 14.1. The largest absolute Gasteiger partial charge is 0.406 e. The summed E-state index contributed by atoms with van der Waals surface area (Å²) in [6.07, 6.45) is 4.77. The molecule has 1 N–H and O–H groups in total. The molecule has 1 unspecified atom stereocenters. The molecule has 184 valence electrons. The number of aromatic nitrogens is 1. The van der Waals surface area contributed by atoms with Gasteiger partial charge in [-0.1, -0.05) is 54.4 Å². The number of nitrogens with one attached hydrogen (secondary N) is 1. The van der Waals surface area contributed by atoms with Gasteiger partial charge in [0.1, 0.15) is 5.82 Å². The maximum atomic E-state index is 14.1. The number of carbonyl (C=O) groups excluding carboxylic acids is 1. The topological polar surface area (TPSA) is 43.3 Å². The van der Waals surface area contributed by atoms with Crippen LogP contribution in [0.5, 0.6) is 0 Å². The number of hydrogen-bond acceptors (Lipinski definition) is 2. The Hall–Kier alpha value is -3.02. The fourth-order valence-electron chi connectivity index (χ4n) is 3.73. The Kier molecular flexibility index (Phi) is 8.82. The van der Waals surface area contributed by atoms with Crippen LogP contribution in [0.15, 0.2) is 60.8 Å². The molecular weight excluding hydrogens is 486 g/mol. The summed E-state index contributed by atoms with van der Waals surface area (Å²) >= 11 is 12.5. The van der Waals surface area contributed by atoms with E-state index in [4.69, 9.17) is 28.0 Å². The number of hydrogen-bond donors (Lipinski definition) is 1. The summed E-state index contributed by atoms with van der Waals surface area (Å²) in [6.45, 7) is 11.5. The van der Waals surface area contributed by atoms with Crippen molar-refractivity contribution < 1.29 is 14.0 Å². The van der Waals surface area contributed by atoms with Crippen LogP contribution >= 0.6 is 23.2 Å². The Morgan fingerprint density at radius 3 is 2.66 bits per heavy atom. The zero-order chi connectivity index (χ0) is 25.7. The summed E-state index contributed by atoms with van der Waals surface area (Å²) in [6, 6.07) is 12.3. The Morgan fingerprint density at radius 1 is 1.23 bits per heavy atom. The monoisotopic (exact) mass is 514 g/mol. The third kappa shape index (κ3) is 6.56. The first-order valence-electron chi connectivity index (χ1n) is 11.3. The molecule has 0 bridgehead atoms. The van der Waals surface area contributed by atoms with Gasteiger partial charge in [0.2, 0.25) is 5.91 Å². The second kappa shape index (κ2) is 11.6. The Morgan fingerprint density at radius 2 is 1.97 bits per heavy atom. The molecule has 2 aromatic carbocycles. The van der Waals surface area contributed by atoms with E-state index >= 15 is 0 Å². The van der Waals surface area contributed by atoms with E-state index in [-0.39, 0.29) is 10.9 Å². The fourth-order valence-corrected chi connectivity index (χ4v) is 4.41. The Bertz CT molecular complexity index is 1280. The number of benzene rings is 2. The van der Waals surface area contributed by atoms with Gasteiger partial charge in [0, 0.05) is 29.4 Å². The van der Waals surface area contributed by atoms with Crippen molar-refractivity contribution in [3.63, 3.8) is 0 Å². The molecular formula is C28H29Cl2FN2O2. The van der Waals surface area contributed by atoms with E-state index in [0.717, 1.165) is 40.1 Å². The first-order valence-corrected chi connectivity index (χ1v) is 12.1. The van der Waals surface area contributed by atoms with Crippen LogP contribution in [0.4, 0.5) is 10.1 Å². The standard InChI is InChI=1S/C28H29Cl2FN2O2/c1-6-17(2)14-22-12-13-33(35-19(4)27-24(29)10-11-25(31)28(27)30)26(22)15-18(3)21-8-7-9-23(16-21)32-20(5)34/h7-13,15-16,19H,2,6,14H2,1,3-5H3,(H,32,34). The van der Waals surface area contributed by atoms with Crippen molar-refractivity contribution in [2.45, 2.75) is 46.6 Å². The van der Waals surface area contributed by atoms with Crippen LogP contribution in [0.1, 0.15) is 62.6 Å². The summed E-state index contributed by atoms with van der Waals surface area (Å²) < 4.78 is 15.8. The van der Waals surface area contributed by atoms with Crippen molar-refractivity contribution in [1.29, 1.82) is 0 Å². The van der Waals surface area contributed by atoms with Crippen molar-refractivity contribution in [2.75, 3.05) is 5.32 Å². The first-order chi connectivity index (χ1) is 16.6. The molecule has 3 aromatic rings. The van der Waals surface area contributed by atoms with Gasteiger partial charge in [-0.2, -0.15) is 4.73 Å².